The van der Waals surface area contributed by atoms with Crippen LogP contribution in [0.2, 0.25) is 0 Å². The number of hydrogen-bond acceptors (Lipinski definition) is 4. The molecule has 1 fully saturated rings. The average Bonchev–Trinajstić information content (AvgIpc) is 2.89. The summed E-state index contributed by atoms with van der Waals surface area (Å²) in [4.78, 5) is 14.1. The fourth-order valence-electron chi connectivity index (χ4n) is 2.13. The summed E-state index contributed by atoms with van der Waals surface area (Å²) in [7, 11) is 0. The SMILES string of the molecule is CCN(CC1CCCN1)C(=O)c1ccnnc1. The van der Waals surface area contributed by atoms with Crippen LogP contribution >= 0.6 is 0 Å². The number of rotatable bonds is 4. The van der Waals surface area contributed by atoms with Crippen molar-refractivity contribution in [3.05, 3.63) is 24.0 Å². The van der Waals surface area contributed by atoms with Crippen molar-refractivity contribution in [1.29, 1.82) is 0 Å². The minimum absolute atomic E-state index is 0.0381. The van der Waals surface area contributed by atoms with Gasteiger partial charge in [-0.25, -0.2) is 0 Å². The Balaban J connectivity index is 2.00. The standard InChI is InChI=1S/C12H18N4O/c1-2-16(9-11-4-3-6-13-11)12(17)10-5-7-14-15-8-10/h5,7-8,11,13H,2-4,6,9H2,1H3. The van der Waals surface area contributed by atoms with Crippen molar-refractivity contribution in [2.24, 2.45) is 0 Å². The highest BCUT2D eigenvalue weighted by Crippen LogP contribution is 2.09. The van der Waals surface area contributed by atoms with Crippen molar-refractivity contribution < 1.29 is 4.79 Å². The van der Waals surface area contributed by atoms with Gasteiger partial charge in [-0.1, -0.05) is 0 Å². The first kappa shape index (κ1) is 12.0. The monoisotopic (exact) mass is 234 g/mol. The Labute approximate surface area is 101 Å². The van der Waals surface area contributed by atoms with Gasteiger partial charge in [-0.15, -0.1) is 0 Å². The summed E-state index contributed by atoms with van der Waals surface area (Å²) < 4.78 is 0. The lowest BCUT2D eigenvalue weighted by Gasteiger charge is -2.24. The molecule has 92 valence electrons. The molecule has 1 N–H and O–H groups in total. The van der Waals surface area contributed by atoms with Gasteiger partial charge in [-0.05, 0) is 32.4 Å². The summed E-state index contributed by atoms with van der Waals surface area (Å²) in [5.74, 6) is 0.0381. The minimum atomic E-state index is 0.0381. The molecule has 5 heteroatoms. The van der Waals surface area contributed by atoms with Crippen LogP contribution in [0, 0.1) is 0 Å². The van der Waals surface area contributed by atoms with Gasteiger partial charge in [0, 0.05) is 19.1 Å². The highest BCUT2D eigenvalue weighted by Gasteiger charge is 2.21. The van der Waals surface area contributed by atoms with Crippen molar-refractivity contribution >= 4 is 5.91 Å². The minimum Gasteiger partial charge on any atom is -0.337 e. The molecular formula is C12H18N4O. The highest BCUT2D eigenvalue weighted by atomic mass is 16.2. The van der Waals surface area contributed by atoms with Gasteiger partial charge in [0.15, 0.2) is 0 Å². The lowest BCUT2D eigenvalue weighted by molar-refractivity contribution is 0.0750. The number of nitrogens with one attached hydrogen (secondary N) is 1. The Morgan fingerprint density at radius 2 is 2.47 bits per heavy atom. The van der Waals surface area contributed by atoms with E-state index in [1.807, 2.05) is 11.8 Å². The third-order valence-corrected chi connectivity index (χ3v) is 3.10. The van der Waals surface area contributed by atoms with Crippen molar-refractivity contribution in [2.75, 3.05) is 19.6 Å². The summed E-state index contributed by atoms with van der Waals surface area (Å²) in [6, 6.07) is 2.15. The Hall–Kier alpha value is -1.49. The van der Waals surface area contributed by atoms with Crippen LogP contribution in [0.3, 0.4) is 0 Å². The Morgan fingerprint density at radius 1 is 1.59 bits per heavy atom. The zero-order chi connectivity index (χ0) is 12.1. The summed E-state index contributed by atoms with van der Waals surface area (Å²) >= 11 is 0. The number of aromatic nitrogens is 2. The quantitative estimate of drug-likeness (QED) is 0.832. The molecular weight excluding hydrogens is 216 g/mol. The molecule has 1 aliphatic rings. The summed E-state index contributed by atoms with van der Waals surface area (Å²) in [6.45, 7) is 4.56. The first-order chi connectivity index (χ1) is 8.31. The number of likely N-dealkylation sites (N-methyl/N-ethyl adjacent to an activating group) is 1. The van der Waals surface area contributed by atoms with E-state index in [-0.39, 0.29) is 5.91 Å². The fourth-order valence-corrected chi connectivity index (χ4v) is 2.13. The van der Waals surface area contributed by atoms with E-state index in [0.717, 1.165) is 26.1 Å². The van der Waals surface area contributed by atoms with E-state index < -0.39 is 0 Å². The predicted molar refractivity (Wildman–Crippen MR) is 64.6 cm³/mol. The fraction of sp³-hybridized carbons (Fsp3) is 0.583. The molecule has 1 aliphatic heterocycles. The molecule has 0 bridgehead atoms. The van der Waals surface area contributed by atoms with Crippen LogP contribution in [-0.4, -0.2) is 46.7 Å². The molecule has 0 saturated carbocycles. The predicted octanol–water partition coefficient (Wildman–Crippen LogP) is 0.691. The van der Waals surface area contributed by atoms with Crippen LogP contribution in [0.15, 0.2) is 18.5 Å². The Bertz CT molecular complexity index is 362. The molecule has 0 aliphatic carbocycles. The molecule has 1 amide bonds. The number of carbonyl (C=O) groups is 1. The van der Waals surface area contributed by atoms with E-state index in [9.17, 15) is 4.79 Å². The molecule has 2 rings (SSSR count). The molecule has 1 atom stereocenters. The molecule has 0 spiro atoms. The second-order valence-electron chi connectivity index (χ2n) is 4.27. The van der Waals surface area contributed by atoms with Gasteiger partial charge in [0.2, 0.25) is 0 Å². The van der Waals surface area contributed by atoms with Gasteiger partial charge in [-0.2, -0.15) is 10.2 Å². The van der Waals surface area contributed by atoms with Crippen molar-refractivity contribution in [3.8, 4) is 0 Å². The molecule has 1 unspecified atom stereocenters. The van der Waals surface area contributed by atoms with Gasteiger partial charge in [-0.3, -0.25) is 4.79 Å². The van der Waals surface area contributed by atoms with E-state index in [1.165, 1.54) is 12.6 Å². The largest absolute Gasteiger partial charge is 0.337 e. The van der Waals surface area contributed by atoms with E-state index in [4.69, 9.17) is 0 Å². The summed E-state index contributed by atoms with van der Waals surface area (Å²) in [5, 5.41) is 10.8. The van der Waals surface area contributed by atoms with Crippen molar-refractivity contribution in [1.82, 2.24) is 20.4 Å². The van der Waals surface area contributed by atoms with Gasteiger partial charge in [0.25, 0.3) is 5.91 Å². The summed E-state index contributed by atoms with van der Waals surface area (Å²) in [5.41, 5.74) is 0.611. The first-order valence-electron chi connectivity index (χ1n) is 6.10. The first-order valence-corrected chi connectivity index (χ1v) is 6.10. The topological polar surface area (TPSA) is 58.1 Å². The maximum atomic E-state index is 12.2. The maximum absolute atomic E-state index is 12.2. The van der Waals surface area contributed by atoms with Gasteiger partial charge in [0.05, 0.1) is 18.0 Å². The zero-order valence-corrected chi connectivity index (χ0v) is 10.1. The lowest BCUT2D eigenvalue weighted by atomic mass is 10.2. The Kier molecular flexibility index (Phi) is 4.03. The second-order valence-corrected chi connectivity index (χ2v) is 4.27. The third kappa shape index (κ3) is 3.00. The maximum Gasteiger partial charge on any atom is 0.255 e. The van der Waals surface area contributed by atoms with Crippen molar-refractivity contribution in [3.63, 3.8) is 0 Å². The van der Waals surface area contributed by atoms with Gasteiger partial charge in [0.1, 0.15) is 0 Å². The molecule has 1 aromatic heterocycles. The zero-order valence-electron chi connectivity index (χ0n) is 10.1. The van der Waals surface area contributed by atoms with E-state index in [0.29, 0.717) is 11.6 Å². The number of amides is 1. The van der Waals surface area contributed by atoms with Crippen molar-refractivity contribution in [2.45, 2.75) is 25.8 Å². The highest BCUT2D eigenvalue weighted by molar-refractivity contribution is 5.93. The number of hydrogen-bond donors (Lipinski definition) is 1. The van der Waals surface area contributed by atoms with Crippen LogP contribution in [0.1, 0.15) is 30.1 Å². The molecule has 0 radical (unpaired) electrons. The van der Waals surface area contributed by atoms with Crippen LogP contribution in [0.5, 0.6) is 0 Å². The number of carbonyl (C=O) groups excluding carboxylic acids is 1. The van der Waals surface area contributed by atoms with E-state index in [1.54, 1.807) is 12.3 Å². The van der Waals surface area contributed by atoms with Crippen LogP contribution in [0.25, 0.3) is 0 Å². The number of nitrogens with zero attached hydrogens (tertiary/aromatic N) is 3. The van der Waals surface area contributed by atoms with Gasteiger partial charge < -0.3 is 10.2 Å². The molecule has 17 heavy (non-hydrogen) atoms. The van der Waals surface area contributed by atoms with Crippen LogP contribution < -0.4 is 5.32 Å². The van der Waals surface area contributed by atoms with Gasteiger partial charge >= 0.3 is 0 Å². The summed E-state index contributed by atoms with van der Waals surface area (Å²) in [6.07, 6.45) is 5.42. The molecule has 1 aromatic rings. The smallest absolute Gasteiger partial charge is 0.255 e. The average molecular weight is 234 g/mol. The molecule has 5 nitrogen and oxygen atoms in total. The van der Waals surface area contributed by atoms with E-state index >= 15 is 0 Å². The molecule has 0 aromatic carbocycles. The lowest BCUT2D eigenvalue weighted by Crippen LogP contribution is -2.41. The van der Waals surface area contributed by atoms with Crippen LogP contribution in [0.4, 0.5) is 0 Å². The third-order valence-electron chi connectivity index (χ3n) is 3.10. The normalized spacial score (nSPS) is 19.2. The Morgan fingerprint density at radius 3 is 3.06 bits per heavy atom. The van der Waals surface area contributed by atoms with Crippen LogP contribution in [-0.2, 0) is 0 Å². The molecule has 2 heterocycles. The second kappa shape index (κ2) is 5.72. The van der Waals surface area contributed by atoms with E-state index in [2.05, 4.69) is 15.5 Å². The molecule has 1 saturated heterocycles.